The van der Waals surface area contributed by atoms with E-state index in [-0.39, 0.29) is 27.1 Å². The molecule has 0 saturated carbocycles. The summed E-state index contributed by atoms with van der Waals surface area (Å²) in [6.07, 6.45) is -3.92. The summed E-state index contributed by atoms with van der Waals surface area (Å²) in [5, 5.41) is 28.0. The third-order valence-corrected chi connectivity index (χ3v) is 2.27. The SMILES string of the molecule is C.CCC(=O)OC[C@@H](O)[C@H]1OCC(O)[C@@H]1O. The highest BCUT2D eigenvalue weighted by atomic mass is 16.6. The lowest BCUT2D eigenvalue weighted by Gasteiger charge is -2.20. The van der Waals surface area contributed by atoms with E-state index in [1.165, 1.54) is 0 Å². The fourth-order valence-electron chi connectivity index (χ4n) is 1.34. The minimum absolute atomic E-state index is 0. The second-order valence-electron chi connectivity index (χ2n) is 3.46. The zero-order chi connectivity index (χ0) is 11.4. The molecule has 96 valence electrons. The number of aliphatic hydroxyl groups excluding tert-OH is 3. The molecule has 4 atom stereocenters. The van der Waals surface area contributed by atoms with Crippen LogP contribution in [0.15, 0.2) is 0 Å². The van der Waals surface area contributed by atoms with E-state index in [4.69, 9.17) is 9.84 Å². The summed E-state index contributed by atoms with van der Waals surface area (Å²) < 4.78 is 9.65. The summed E-state index contributed by atoms with van der Waals surface area (Å²) in [7, 11) is 0. The Hall–Kier alpha value is -0.690. The smallest absolute Gasteiger partial charge is 0.305 e. The molecule has 0 amide bonds. The summed E-state index contributed by atoms with van der Waals surface area (Å²) >= 11 is 0. The fraction of sp³-hybridized carbons (Fsp3) is 0.900. The molecule has 0 aromatic heterocycles. The maximum atomic E-state index is 10.8. The van der Waals surface area contributed by atoms with Crippen LogP contribution in [0.4, 0.5) is 0 Å². The number of carbonyl (C=O) groups excluding carboxylic acids is 1. The van der Waals surface area contributed by atoms with Crippen LogP contribution in [0.2, 0.25) is 0 Å². The van der Waals surface area contributed by atoms with Gasteiger partial charge in [-0.25, -0.2) is 0 Å². The molecule has 0 aromatic rings. The third kappa shape index (κ3) is 3.71. The minimum Gasteiger partial charge on any atom is -0.463 e. The number of hydrogen-bond acceptors (Lipinski definition) is 6. The number of rotatable bonds is 4. The molecule has 0 radical (unpaired) electrons. The molecule has 0 aromatic carbocycles. The molecule has 1 aliphatic heterocycles. The van der Waals surface area contributed by atoms with Crippen LogP contribution in [0.5, 0.6) is 0 Å². The van der Waals surface area contributed by atoms with Crippen LogP contribution in [-0.2, 0) is 14.3 Å². The van der Waals surface area contributed by atoms with Gasteiger partial charge in [-0.05, 0) is 0 Å². The Morgan fingerprint density at radius 3 is 2.62 bits per heavy atom. The number of ether oxygens (including phenoxy) is 2. The first-order valence-electron chi connectivity index (χ1n) is 4.87. The minimum atomic E-state index is -1.14. The van der Waals surface area contributed by atoms with Gasteiger partial charge < -0.3 is 24.8 Å². The van der Waals surface area contributed by atoms with Crippen LogP contribution in [0.1, 0.15) is 20.8 Å². The van der Waals surface area contributed by atoms with Gasteiger partial charge in [-0.2, -0.15) is 0 Å². The van der Waals surface area contributed by atoms with Crippen LogP contribution in [0.3, 0.4) is 0 Å². The van der Waals surface area contributed by atoms with E-state index in [0.29, 0.717) is 0 Å². The fourth-order valence-corrected chi connectivity index (χ4v) is 1.34. The Bertz CT molecular complexity index is 219. The third-order valence-electron chi connectivity index (χ3n) is 2.27. The monoisotopic (exact) mass is 236 g/mol. The normalized spacial score (nSPS) is 30.6. The molecule has 3 N–H and O–H groups in total. The van der Waals surface area contributed by atoms with E-state index >= 15 is 0 Å². The Balaban J connectivity index is 0.00000225. The summed E-state index contributed by atoms with van der Waals surface area (Å²) in [5.74, 6) is -0.429. The van der Waals surface area contributed by atoms with Crippen molar-refractivity contribution in [1.82, 2.24) is 0 Å². The summed E-state index contributed by atoms with van der Waals surface area (Å²) in [6.45, 7) is 1.38. The van der Waals surface area contributed by atoms with Gasteiger partial charge in [0, 0.05) is 6.42 Å². The molecule has 1 rings (SSSR count). The van der Waals surface area contributed by atoms with Gasteiger partial charge in [0.2, 0.25) is 0 Å². The van der Waals surface area contributed by atoms with Crippen molar-refractivity contribution in [1.29, 1.82) is 0 Å². The van der Waals surface area contributed by atoms with Crippen molar-refractivity contribution < 1.29 is 29.6 Å². The lowest BCUT2D eigenvalue weighted by Crippen LogP contribution is -2.41. The highest BCUT2D eigenvalue weighted by molar-refractivity contribution is 5.68. The van der Waals surface area contributed by atoms with Gasteiger partial charge in [0.15, 0.2) is 0 Å². The summed E-state index contributed by atoms with van der Waals surface area (Å²) in [5.41, 5.74) is 0. The molecule has 1 heterocycles. The first-order chi connectivity index (χ1) is 7.06. The second kappa shape index (κ2) is 6.80. The molecular weight excluding hydrogens is 216 g/mol. The highest BCUT2D eigenvalue weighted by Crippen LogP contribution is 2.17. The predicted molar refractivity (Wildman–Crippen MR) is 55.7 cm³/mol. The zero-order valence-corrected chi connectivity index (χ0v) is 8.50. The van der Waals surface area contributed by atoms with E-state index in [9.17, 15) is 15.0 Å². The largest absolute Gasteiger partial charge is 0.463 e. The van der Waals surface area contributed by atoms with Gasteiger partial charge in [0.05, 0.1) is 6.61 Å². The van der Waals surface area contributed by atoms with Crippen molar-refractivity contribution in [3.05, 3.63) is 0 Å². The van der Waals surface area contributed by atoms with Crippen LogP contribution in [0, 0.1) is 0 Å². The predicted octanol–water partition coefficient (Wildman–Crippen LogP) is -0.943. The van der Waals surface area contributed by atoms with E-state index in [1.807, 2.05) is 0 Å². The van der Waals surface area contributed by atoms with Crippen LogP contribution in [-0.4, -0.2) is 58.9 Å². The van der Waals surface area contributed by atoms with Gasteiger partial charge in [-0.1, -0.05) is 14.4 Å². The van der Waals surface area contributed by atoms with Crippen LogP contribution < -0.4 is 0 Å². The Morgan fingerprint density at radius 1 is 1.56 bits per heavy atom. The van der Waals surface area contributed by atoms with Crippen molar-refractivity contribution in [2.45, 2.75) is 45.2 Å². The van der Waals surface area contributed by atoms with Gasteiger partial charge >= 0.3 is 5.97 Å². The lowest BCUT2D eigenvalue weighted by molar-refractivity contribution is -0.150. The number of hydrogen-bond donors (Lipinski definition) is 3. The molecule has 1 unspecified atom stereocenters. The average Bonchev–Trinajstić information content (AvgIpc) is 2.56. The molecule has 0 spiro atoms. The highest BCUT2D eigenvalue weighted by Gasteiger charge is 2.39. The molecule has 1 aliphatic rings. The Morgan fingerprint density at radius 2 is 2.19 bits per heavy atom. The molecule has 1 fully saturated rings. The zero-order valence-electron chi connectivity index (χ0n) is 8.50. The van der Waals surface area contributed by atoms with E-state index < -0.39 is 30.4 Å². The first kappa shape index (κ1) is 15.3. The average molecular weight is 236 g/mol. The first-order valence-corrected chi connectivity index (χ1v) is 4.87. The van der Waals surface area contributed by atoms with Gasteiger partial charge in [-0.15, -0.1) is 0 Å². The number of esters is 1. The van der Waals surface area contributed by atoms with Crippen LogP contribution >= 0.6 is 0 Å². The molecule has 6 nitrogen and oxygen atoms in total. The molecule has 1 saturated heterocycles. The maximum absolute atomic E-state index is 10.8. The van der Waals surface area contributed by atoms with Crippen molar-refractivity contribution in [3.63, 3.8) is 0 Å². The van der Waals surface area contributed by atoms with E-state index in [0.717, 1.165) is 0 Å². The molecule has 0 aliphatic carbocycles. The molecule has 16 heavy (non-hydrogen) atoms. The van der Waals surface area contributed by atoms with Crippen molar-refractivity contribution in [2.75, 3.05) is 13.2 Å². The maximum Gasteiger partial charge on any atom is 0.305 e. The lowest BCUT2D eigenvalue weighted by atomic mass is 10.1. The van der Waals surface area contributed by atoms with Crippen molar-refractivity contribution in [2.24, 2.45) is 0 Å². The molecule has 6 heteroatoms. The Kier molecular flexibility index (Phi) is 6.51. The Labute approximate surface area is 94.8 Å². The van der Waals surface area contributed by atoms with Crippen LogP contribution in [0.25, 0.3) is 0 Å². The second-order valence-corrected chi connectivity index (χ2v) is 3.46. The van der Waals surface area contributed by atoms with Gasteiger partial charge in [0.1, 0.15) is 31.0 Å². The molecule has 0 bridgehead atoms. The summed E-state index contributed by atoms with van der Waals surface area (Å²) in [4.78, 5) is 10.8. The number of carbonyl (C=O) groups is 1. The summed E-state index contributed by atoms with van der Waals surface area (Å²) in [6, 6.07) is 0. The quantitative estimate of drug-likeness (QED) is 0.545. The topological polar surface area (TPSA) is 96.2 Å². The molecular formula is C10H20O6. The van der Waals surface area contributed by atoms with Crippen molar-refractivity contribution in [3.8, 4) is 0 Å². The van der Waals surface area contributed by atoms with E-state index in [1.54, 1.807) is 6.92 Å². The van der Waals surface area contributed by atoms with Gasteiger partial charge in [-0.3, -0.25) is 4.79 Å². The standard InChI is InChI=1S/C9H16O6.CH4/c1-2-7(12)14-4-6(11)9-8(13)5(10)3-15-9;/h5-6,8-11,13H,2-4H2,1H3;1H4/t5?,6-,8+,9-;/m1./s1. The van der Waals surface area contributed by atoms with E-state index in [2.05, 4.69) is 4.74 Å². The van der Waals surface area contributed by atoms with Crippen molar-refractivity contribution >= 4 is 5.97 Å². The number of aliphatic hydroxyl groups is 3. The van der Waals surface area contributed by atoms with Gasteiger partial charge in [0.25, 0.3) is 0 Å².